The number of aryl methyl sites for hydroxylation is 1. The minimum absolute atomic E-state index is 0.902. The van der Waals surface area contributed by atoms with Crippen molar-refractivity contribution in [2.75, 3.05) is 4.90 Å². The summed E-state index contributed by atoms with van der Waals surface area (Å²) in [5, 5.41) is 6.11. The SMILES string of the molecule is C1=Cc2c(c3ccccc3n2-c2cccc(-c3ccc(N(c4ccc(-c5ccc(-c6cccc(-c7ccc8ccccc8c7)c6)cc5)cc4)c4ccc(-c5cccc6c5oc5ccccc56)cc4)cc3)c2)CC1. The van der Waals surface area contributed by atoms with Gasteiger partial charge in [0.1, 0.15) is 11.2 Å². The summed E-state index contributed by atoms with van der Waals surface area (Å²) >= 11 is 0. The van der Waals surface area contributed by atoms with Gasteiger partial charge in [-0.05, 0) is 158 Å². The van der Waals surface area contributed by atoms with Crippen molar-refractivity contribution in [1.82, 2.24) is 4.57 Å². The number of anilines is 3. The Balaban J connectivity index is 0.791. The van der Waals surface area contributed by atoms with E-state index >= 15 is 0 Å². The fraction of sp³-hybridized carbons (Fsp3) is 0.0286. The summed E-state index contributed by atoms with van der Waals surface area (Å²) in [6.07, 6.45) is 6.75. The van der Waals surface area contributed by atoms with Gasteiger partial charge in [-0.2, -0.15) is 0 Å². The Labute approximate surface area is 424 Å². The van der Waals surface area contributed by atoms with Gasteiger partial charge in [0.2, 0.25) is 0 Å². The molecule has 1 aliphatic carbocycles. The minimum Gasteiger partial charge on any atom is -0.455 e. The molecule has 14 rings (SSSR count). The Bertz CT molecular complexity index is 4230. The number of fused-ring (bicyclic) bond motifs is 7. The summed E-state index contributed by atoms with van der Waals surface area (Å²) in [4.78, 5) is 2.35. The second-order valence-corrected chi connectivity index (χ2v) is 19.2. The van der Waals surface area contributed by atoms with E-state index in [1.807, 2.05) is 12.1 Å². The van der Waals surface area contributed by atoms with Gasteiger partial charge in [-0.3, -0.25) is 0 Å². The molecule has 0 atom stereocenters. The van der Waals surface area contributed by atoms with E-state index < -0.39 is 0 Å². The normalized spacial score (nSPS) is 12.2. The molecule has 2 aromatic heterocycles. The third kappa shape index (κ3) is 7.62. The zero-order chi connectivity index (χ0) is 48.2. The van der Waals surface area contributed by atoms with Crippen LogP contribution in [0.25, 0.3) is 111 Å². The van der Waals surface area contributed by atoms with Crippen molar-refractivity contribution in [1.29, 1.82) is 0 Å². The molecule has 1 aliphatic rings. The van der Waals surface area contributed by atoms with Crippen molar-refractivity contribution in [2.24, 2.45) is 0 Å². The zero-order valence-electron chi connectivity index (χ0n) is 40.1. The summed E-state index contributed by atoms with van der Waals surface area (Å²) in [6.45, 7) is 0. The van der Waals surface area contributed by atoms with Crippen molar-refractivity contribution in [3.05, 3.63) is 272 Å². The number of furan rings is 1. The summed E-state index contributed by atoms with van der Waals surface area (Å²) in [5.41, 5.74) is 21.9. The lowest BCUT2D eigenvalue weighted by atomic mass is 9.96. The molecule has 3 heteroatoms. The van der Waals surface area contributed by atoms with Crippen LogP contribution in [-0.4, -0.2) is 4.57 Å². The van der Waals surface area contributed by atoms with Crippen LogP contribution >= 0.6 is 0 Å². The van der Waals surface area contributed by atoms with Gasteiger partial charge in [-0.25, -0.2) is 0 Å². The van der Waals surface area contributed by atoms with Gasteiger partial charge in [0.05, 0.1) is 5.52 Å². The van der Waals surface area contributed by atoms with Gasteiger partial charge in [-0.1, -0.05) is 188 Å². The molecule has 2 heterocycles. The maximum Gasteiger partial charge on any atom is 0.143 e. The quantitative estimate of drug-likeness (QED) is 0.144. The predicted molar refractivity (Wildman–Crippen MR) is 307 cm³/mol. The highest BCUT2D eigenvalue weighted by Crippen LogP contribution is 2.41. The van der Waals surface area contributed by atoms with Crippen molar-refractivity contribution in [3.63, 3.8) is 0 Å². The molecule has 0 N–H and O–H groups in total. The number of allylic oxidation sites excluding steroid dienone is 1. The first-order valence-corrected chi connectivity index (χ1v) is 25.3. The molecule has 0 saturated carbocycles. The maximum atomic E-state index is 6.47. The van der Waals surface area contributed by atoms with Crippen LogP contribution in [0.15, 0.2) is 265 Å². The number of nitrogens with zero attached hydrogens (tertiary/aromatic N) is 2. The van der Waals surface area contributed by atoms with Crippen LogP contribution in [0.4, 0.5) is 17.1 Å². The Kier molecular flexibility index (Phi) is 10.3. The molecule has 3 nitrogen and oxygen atoms in total. The highest BCUT2D eigenvalue weighted by atomic mass is 16.3. The van der Waals surface area contributed by atoms with E-state index in [0.29, 0.717) is 0 Å². The molecule has 0 aliphatic heterocycles. The number of hydrogen-bond donors (Lipinski definition) is 0. The molecule has 0 amide bonds. The van der Waals surface area contributed by atoms with Gasteiger partial charge in [-0.15, -0.1) is 0 Å². The van der Waals surface area contributed by atoms with Gasteiger partial charge in [0.25, 0.3) is 0 Å². The third-order valence-electron chi connectivity index (χ3n) is 14.9. The molecule has 0 bridgehead atoms. The molecule has 0 spiro atoms. The van der Waals surface area contributed by atoms with Gasteiger partial charge in [0, 0.05) is 50.2 Å². The highest BCUT2D eigenvalue weighted by molar-refractivity contribution is 6.09. The highest BCUT2D eigenvalue weighted by Gasteiger charge is 2.20. The van der Waals surface area contributed by atoms with Crippen LogP contribution in [-0.2, 0) is 6.42 Å². The van der Waals surface area contributed by atoms with Crippen LogP contribution < -0.4 is 4.90 Å². The van der Waals surface area contributed by atoms with E-state index in [-0.39, 0.29) is 0 Å². The average molecular weight is 933 g/mol. The van der Waals surface area contributed by atoms with Crippen molar-refractivity contribution >= 4 is 66.8 Å². The van der Waals surface area contributed by atoms with Crippen LogP contribution in [0.5, 0.6) is 0 Å². The van der Waals surface area contributed by atoms with E-state index in [2.05, 4.69) is 264 Å². The Morgan fingerprint density at radius 3 is 1.62 bits per heavy atom. The molecular weight excluding hydrogens is 885 g/mol. The molecule has 0 saturated heterocycles. The van der Waals surface area contributed by atoms with Crippen molar-refractivity contribution in [3.8, 4) is 61.3 Å². The first-order valence-electron chi connectivity index (χ1n) is 25.3. The van der Waals surface area contributed by atoms with Gasteiger partial charge >= 0.3 is 0 Å². The number of aromatic nitrogens is 1. The standard InChI is InChI=1S/C70H48N2O/c1-2-13-53-45-57(31-30-47(53)12-1)55-15-9-14-54(44-55)50-28-26-48(27-29-50)49-32-38-58(39-33-49)71(60-42-36-52(37-43-60)62-21-11-22-66-65-20-5-8-25-69(65)73-70(62)66)59-40-34-51(35-41-59)56-16-10-17-61(46-56)72-67-23-6-3-18-63(67)64-19-4-7-24-68(64)72/h1-3,5-18,20-46H,4,19H2. The van der Waals surface area contributed by atoms with Crippen LogP contribution in [0.1, 0.15) is 17.7 Å². The Morgan fingerprint density at radius 2 is 0.890 bits per heavy atom. The number of benzene rings is 11. The molecular formula is C70H48N2O. The summed E-state index contributed by atoms with van der Waals surface area (Å²) in [5.74, 6) is 0. The van der Waals surface area contributed by atoms with Crippen LogP contribution in [0.3, 0.4) is 0 Å². The lowest BCUT2D eigenvalue weighted by Gasteiger charge is -2.26. The summed E-state index contributed by atoms with van der Waals surface area (Å²) in [7, 11) is 0. The van der Waals surface area contributed by atoms with E-state index in [4.69, 9.17) is 4.42 Å². The first kappa shape index (κ1) is 42.4. The molecule has 0 fully saturated rings. The van der Waals surface area contributed by atoms with E-state index in [0.717, 1.165) is 68.5 Å². The molecule has 344 valence electrons. The van der Waals surface area contributed by atoms with Crippen molar-refractivity contribution in [2.45, 2.75) is 12.8 Å². The minimum atomic E-state index is 0.902. The lowest BCUT2D eigenvalue weighted by molar-refractivity contribution is 0.670. The molecule has 0 radical (unpaired) electrons. The monoisotopic (exact) mass is 932 g/mol. The van der Waals surface area contributed by atoms with Crippen molar-refractivity contribution < 1.29 is 4.42 Å². The van der Waals surface area contributed by atoms with E-state index in [9.17, 15) is 0 Å². The van der Waals surface area contributed by atoms with Gasteiger partial charge in [0.15, 0.2) is 0 Å². The topological polar surface area (TPSA) is 21.3 Å². The lowest BCUT2D eigenvalue weighted by Crippen LogP contribution is -2.09. The average Bonchev–Trinajstić information content (AvgIpc) is 4.02. The molecule has 0 unspecified atom stereocenters. The molecule has 73 heavy (non-hydrogen) atoms. The van der Waals surface area contributed by atoms with Crippen LogP contribution in [0, 0.1) is 0 Å². The zero-order valence-corrected chi connectivity index (χ0v) is 40.1. The number of rotatable bonds is 9. The van der Waals surface area contributed by atoms with Crippen LogP contribution in [0.2, 0.25) is 0 Å². The van der Waals surface area contributed by atoms with Gasteiger partial charge < -0.3 is 13.9 Å². The molecule has 13 aromatic rings. The summed E-state index contributed by atoms with van der Waals surface area (Å²) < 4.78 is 8.90. The van der Waals surface area contributed by atoms with E-state index in [1.165, 1.54) is 77.6 Å². The first-order chi connectivity index (χ1) is 36.2. The largest absolute Gasteiger partial charge is 0.455 e. The fourth-order valence-electron chi connectivity index (χ4n) is 11.2. The smallest absolute Gasteiger partial charge is 0.143 e. The molecule has 11 aromatic carbocycles. The summed E-state index contributed by atoms with van der Waals surface area (Å²) in [6, 6.07) is 92.5. The second kappa shape index (κ2) is 17.8. The Hall–Kier alpha value is -9.44. The van der Waals surface area contributed by atoms with E-state index in [1.54, 1.807) is 0 Å². The number of hydrogen-bond acceptors (Lipinski definition) is 2. The number of para-hydroxylation sites is 3. The third-order valence-corrected chi connectivity index (χ3v) is 14.9. The fourth-order valence-corrected chi connectivity index (χ4v) is 11.2. The maximum absolute atomic E-state index is 6.47. The predicted octanol–water partition coefficient (Wildman–Crippen LogP) is 19.4. The Morgan fingerprint density at radius 1 is 0.370 bits per heavy atom. The second-order valence-electron chi connectivity index (χ2n) is 19.2.